The first kappa shape index (κ1) is 27.0. The number of aryl methyl sites for hydroxylation is 1. The van der Waals surface area contributed by atoms with E-state index in [4.69, 9.17) is 14.6 Å². The summed E-state index contributed by atoms with van der Waals surface area (Å²) in [5, 5.41) is 9.16. The lowest BCUT2D eigenvalue weighted by molar-refractivity contribution is -0.137. The maximum absolute atomic E-state index is 11.3. The molecule has 0 heterocycles. The highest BCUT2D eigenvalue weighted by molar-refractivity contribution is 5.81. The molecule has 2 aromatic rings. The largest absolute Gasteiger partial charge is 0.491 e. The maximum atomic E-state index is 11.3. The first-order valence-corrected chi connectivity index (χ1v) is 13.4. The SMILES string of the molecule is C=CC(=O)OCCCc1cc(-c2ccc(C3CCC(CCCCC)CC3)cc2)ccc1OCCO. The Kier molecular flexibility index (Phi) is 11.4. The van der Waals surface area contributed by atoms with Crippen LogP contribution in [0.4, 0.5) is 0 Å². The number of aliphatic hydroxyl groups excluding tert-OH is 1. The zero-order valence-corrected chi connectivity index (χ0v) is 21.3. The number of benzene rings is 2. The zero-order chi connectivity index (χ0) is 24.9. The molecule has 0 amide bonds. The topological polar surface area (TPSA) is 55.8 Å². The molecule has 0 aliphatic heterocycles. The second-order valence-corrected chi connectivity index (χ2v) is 9.71. The third kappa shape index (κ3) is 8.54. The number of aliphatic hydroxyl groups is 1. The summed E-state index contributed by atoms with van der Waals surface area (Å²) in [5.41, 5.74) is 4.85. The predicted molar refractivity (Wildman–Crippen MR) is 143 cm³/mol. The highest BCUT2D eigenvalue weighted by Gasteiger charge is 2.22. The lowest BCUT2D eigenvalue weighted by Gasteiger charge is -2.29. The number of unbranched alkanes of at least 4 members (excludes halogenated alkanes) is 2. The van der Waals surface area contributed by atoms with Gasteiger partial charge in [0.25, 0.3) is 0 Å². The van der Waals surface area contributed by atoms with Gasteiger partial charge in [0.15, 0.2) is 0 Å². The molecule has 3 rings (SSSR count). The fourth-order valence-electron chi connectivity index (χ4n) is 5.16. The molecule has 35 heavy (non-hydrogen) atoms. The van der Waals surface area contributed by atoms with Crippen molar-refractivity contribution in [2.45, 2.75) is 77.0 Å². The van der Waals surface area contributed by atoms with Crippen LogP contribution in [0.2, 0.25) is 0 Å². The molecule has 4 nitrogen and oxygen atoms in total. The van der Waals surface area contributed by atoms with E-state index in [0.29, 0.717) is 18.9 Å². The van der Waals surface area contributed by atoms with Crippen molar-refractivity contribution in [3.8, 4) is 16.9 Å². The van der Waals surface area contributed by atoms with E-state index in [0.717, 1.165) is 29.2 Å². The van der Waals surface area contributed by atoms with Crippen molar-refractivity contribution in [1.29, 1.82) is 0 Å². The number of ether oxygens (including phenoxy) is 2. The molecule has 4 heteroatoms. The summed E-state index contributed by atoms with van der Waals surface area (Å²) in [7, 11) is 0. The highest BCUT2D eigenvalue weighted by atomic mass is 16.5. The smallest absolute Gasteiger partial charge is 0.330 e. The van der Waals surface area contributed by atoms with E-state index in [-0.39, 0.29) is 13.2 Å². The minimum Gasteiger partial charge on any atom is -0.491 e. The number of carbonyl (C=O) groups excluding carboxylic acids is 1. The average molecular weight is 479 g/mol. The Bertz CT molecular complexity index is 910. The van der Waals surface area contributed by atoms with Gasteiger partial charge in [0.1, 0.15) is 12.4 Å². The van der Waals surface area contributed by atoms with Gasteiger partial charge < -0.3 is 14.6 Å². The summed E-state index contributed by atoms with van der Waals surface area (Å²) in [6.07, 6.45) is 13.5. The van der Waals surface area contributed by atoms with E-state index in [2.05, 4.69) is 49.9 Å². The Hall–Kier alpha value is -2.59. The third-order valence-electron chi connectivity index (χ3n) is 7.19. The van der Waals surface area contributed by atoms with Crippen molar-refractivity contribution >= 4 is 5.97 Å². The second-order valence-electron chi connectivity index (χ2n) is 9.71. The van der Waals surface area contributed by atoms with E-state index >= 15 is 0 Å². The van der Waals surface area contributed by atoms with Gasteiger partial charge in [-0.05, 0) is 84.7 Å². The molecule has 190 valence electrons. The summed E-state index contributed by atoms with van der Waals surface area (Å²) in [5.74, 6) is 1.99. The molecule has 0 atom stereocenters. The van der Waals surface area contributed by atoms with Gasteiger partial charge in [0.2, 0.25) is 0 Å². The van der Waals surface area contributed by atoms with Crippen molar-refractivity contribution in [3.05, 3.63) is 66.2 Å². The van der Waals surface area contributed by atoms with Crippen molar-refractivity contribution in [2.75, 3.05) is 19.8 Å². The van der Waals surface area contributed by atoms with Crippen LogP contribution in [0.15, 0.2) is 55.1 Å². The van der Waals surface area contributed by atoms with E-state index in [9.17, 15) is 4.79 Å². The summed E-state index contributed by atoms with van der Waals surface area (Å²) >= 11 is 0. The van der Waals surface area contributed by atoms with E-state index < -0.39 is 5.97 Å². The van der Waals surface area contributed by atoms with Gasteiger partial charge in [0.05, 0.1) is 13.2 Å². The van der Waals surface area contributed by atoms with Crippen LogP contribution >= 0.6 is 0 Å². The monoisotopic (exact) mass is 478 g/mol. The van der Waals surface area contributed by atoms with Crippen LogP contribution in [0.1, 0.15) is 81.8 Å². The fraction of sp³-hybridized carbons (Fsp3) is 0.516. The van der Waals surface area contributed by atoms with Crippen molar-refractivity contribution in [2.24, 2.45) is 5.92 Å². The molecule has 1 aliphatic rings. The molecule has 0 spiro atoms. The van der Waals surface area contributed by atoms with Crippen molar-refractivity contribution < 1.29 is 19.4 Å². The Morgan fingerprint density at radius 1 is 1.00 bits per heavy atom. The highest BCUT2D eigenvalue weighted by Crippen LogP contribution is 2.38. The van der Waals surface area contributed by atoms with Gasteiger partial charge in [-0.3, -0.25) is 0 Å². The van der Waals surface area contributed by atoms with Crippen LogP contribution < -0.4 is 4.74 Å². The van der Waals surface area contributed by atoms with Crippen molar-refractivity contribution in [3.63, 3.8) is 0 Å². The predicted octanol–water partition coefficient (Wildman–Crippen LogP) is 7.24. The molecule has 1 saturated carbocycles. The Morgan fingerprint density at radius 3 is 2.43 bits per heavy atom. The van der Waals surface area contributed by atoms with Gasteiger partial charge in [-0.15, -0.1) is 0 Å². The minimum atomic E-state index is -0.402. The number of hydrogen-bond donors (Lipinski definition) is 1. The van der Waals surface area contributed by atoms with Crippen LogP contribution in [0, 0.1) is 5.92 Å². The minimum absolute atomic E-state index is 0.0275. The summed E-state index contributed by atoms with van der Waals surface area (Å²) in [6, 6.07) is 15.3. The zero-order valence-electron chi connectivity index (χ0n) is 21.3. The maximum Gasteiger partial charge on any atom is 0.330 e. The molecular formula is C31H42O4. The van der Waals surface area contributed by atoms with E-state index in [1.807, 2.05) is 6.07 Å². The lowest BCUT2D eigenvalue weighted by Crippen LogP contribution is -2.13. The Balaban J connectivity index is 1.62. The molecule has 0 saturated heterocycles. The summed E-state index contributed by atoms with van der Waals surface area (Å²) in [4.78, 5) is 11.3. The molecule has 0 radical (unpaired) electrons. The summed E-state index contributed by atoms with van der Waals surface area (Å²) < 4.78 is 10.9. The quantitative estimate of drug-likeness (QED) is 0.177. The molecule has 1 aliphatic carbocycles. The van der Waals surface area contributed by atoms with Crippen LogP contribution in [0.3, 0.4) is 0 Å². The molecule has 1 N–H and O–H groups in total. The normalized spacial score (nSPS) is 17.7. The Labute approximate surface area is 211 Å². The second kappa shape index (κ2) is 14.7. The van der Waals surface area contributed by atoms with E-state index in [1.54, 1.807) is 0 Å². The lowest BCUT2D eigenvalue weighted by atomic mass is 9.77. The molecule has 0 bridgehead atoms. The van der Waals surface area contributed by atoms with Crippen LogP contribution in [-0.4, -0.2) is 30.9 Å². The number of esters is 1. The van der Waals surface area contributed by atoms with Crippen LogP contribution in [0.5, 0.6) is 5.75 Å². The van der Waals surface area contributed by atoms with Crippen LogP contribution in [0.25, 0.3) is 11.1 Å². The standard InChI is InChI=1S/C31H42O4/c1-3-5-6-8-24-10-12-25(13-11-24)26-14-16-27(17-15-26)28-18-19-30(34-22-20-32)29(23-28)9-7-21-35-31(33)4-2/h4,14-19,23-25,32H,2-3,5-13,20-22H2,1H3. The molecular weight excluding hydrogens is 436 g/mol. The fourth-order valence-corrected chi connectivity index (χ4v) is 5.16. The van der Waals surface area contributed by atoms with Gasteiger partial charge in [-0.1, -0.05) is 69.5 Å². The summed E-state index contributed by atoms with van der Waals surface area (Å²) in [6.45, 7) is 6.27. The van der Waals surface area contributed by atoms with Gasteiger partial charge in [-0.25, -0.2) is 4.79 Å². The number of rotatable bonds is 14. The first-order valence-electron chi connectivity index (χ1n) is 13.4. The number of hydrogen-bond acceptors (Lipinski definition) is 4. The molecule has 1 fully saturated rings. The van der Waals surface area contributed by atoms with Crippen LogP contribution in [-0.2, 0) is 16.0 Å². The molecule has 0 aromatic heterocycles. The third-order valence-corrected chi connectivity index (χ3v) is 7.19. The molecule has 2 aromatic carbocycles. The van der Waals surface area contributed by atoms with Crippen molar-refractivity contribution in [1.82, 2.24) is 0 Å². The molecule has 0 unspecified atom stereocenters. The van der Waals surface area contributed by atoms with Gasteiger partial charge in [0, 0.05) is 6.08 Å². The first-order chi connectivity index (χ1) is 17.1. The van der Waals surface area contributed by atoms with E-state index in [1.165, 1.54) is 68.6 Å². The van der Waals surface area contributed by atoms with Gasteiger partial charge >= 0.3 is 5.97 Å². The average Bonchev–Trinajstić information content (AvgIpc) is 2.90. The van der Waals surface area contributed by atoms with Gasteiger partial charge in [-0.2, -0.15) is 0 Å². The Morgan fingerprint density at radius 2 is 1.74 bits per heavy atom. The number of carbonyl (C=O) groups is 1.